The minimum Gasteiger partial charge on any atom is -0.382 e. The van der Waals surface area contributed by atoms with Gasteiger partial charge in [0.1, 0.15) is 0 Å². The number of pyridine rings is 1. The Hall–Kier alpha value is -5.63. The number of hydrogen-bond donors (Lipinski definition) is 7. The Morgan fingerprint density at radius 2 is 0.978 bits per heavy atom. The molecule has 6 rings (SSSR count). The van der Waals surface area contributed by atoms with Crippen LogP contribution >= 0.6 is 0 Å². The number of aromatic nitrogens is 1. The topological polar surface area (TPSA) is 97.1 Å². The minimum absolute atomic E-state index is 0.405. The molecule has 8 heteroatoms. The van der Waals surface area contributed by atoms with Gasteiger partial charge >= 0.3 is 0 Å². The first-order valence-electron chi connectivity index (χ1n) is 15.4. The number of anilines is 7. The SMILES string of the molecule is CCC(C)Nc1ccc(NNc2ccc(NNc3cc(C)c(NNc4cccnc4)cc3C)c3ccccc23)c2ccccc12. The van der Waals surface area contributed by atoms with Crippen LogP contribution in [-0.4, -0.2) is 11.0 Å². The molecule has 8 nitrogen and oxygen atoms in total. The van der Waals surface area contributed by atoms with Gasteiger partial charge in [0.15, 0.2) is 0 Å². The molecule has 0 aliphatic carbocycles. The van der Waals surface area contributed by atoms with Gasteiger partial charge in [0.2, 0.25) is 0 Å². The molecule has 0 fully saturated rings. The van der Waals surface area contributed by atoms with Crippen molar-refractivity contribution in [2.24, 2.45) is 0 Å². The van der Waals surface area contributed by atoms with Crippen molar-refractivity contribution in [3.05, 3.63) is 121 Å². The van der Waals surface area contributed by atoms with Gasteiger partial charge in [-0.25, -0.2) is 0 Å². The third-order valence-corrected chi connectivity index (χ3v) is 8.10. The third kappa shape index (κ3) is 6.65. The molecule has 228 valence electrons. The fraction of sp³-hybridized carbons (Fsp3) is 0.162. The standard InChI is InChI=1S/C37H40N8/c1-5-26(4)39-32-16-17-33(29-13-7-6-12-28(29)32)41-42-34-18-19-35(31-15-9-8-14-30(31)34)43-45-37-22-24(2)36(21-25(37)3)44-40-27-11-10-20-38-23-27/h6-23,26,39-45H,5H2,1-4H3. The van der Waals surface area contributed by atoms with Crippen LogP contribution in [0.4, 0.5) is 39.8 Å². The lowest BCUT2D eigenvalue weighted by Gasteiger charge is -2.20. The van der Waals surface area contributed by atoms with Crippen LogP contribution in [0.3, 0.4) is 0 Å². The Morgan fingerprint density at radius 1 is 0.533 bits per heavy atom. The van der Waals surface area contributed by atoms with Crippen molar-refractivity contribution in [3.8, 4) is 0 Å². The van der Waals surface area contributed by atoms with Crippen LogP contribution in [0.2, 0.25) is 0 Å². The first-order valence-corrected chi connectivity index (χ1v) is 15.4. The number of hydrogen-bond acceptors (Lipinski definition) is 8. The summed E-state index contributed by atoms with van der Waals surface area (Å²) in [6.45, 7) is 8.58. The summed E-state index contributed by atoms with van der Waals surface area (Å²) in [5.41, 5.74) is 29.6. The Balaban J connectivity index is 1.17. The van der Waals surface area contributed by atoms with E-state index in [4.69, 9.17) is 0 Å². The second-order valence-corrected chi connectivity index (χ2v) is 11.3. The first kappa shape index (κ1) is 29.4. The molecule has 0 spiro atoms. The van der Waals surface area contributed by atoms with E-state index in [1.54, 1.807) is 12.4 Å². The molecule has 0 aliphatic rings. The molecule has 1 unspecified atom stereocenters. The van der Waals surface area contributed by atoms with Crippen molar-refractivity contribution in [1.29, 1.82) is 0 Å². The van der Waals surface area contributed by atoms with Gasteiger partial charge in [-0.15, -0.1) is 0 Å². The van der Waals surface area contributed by atoms with Crippen molar-refractivity contribution in [2.75, 3.05) is 37.9 Å². The summed E-state index contributed by atoms with van der Waals surface area (Å²) in [7, 11) is 0. The second-order valence-electron chi connectivity index (χ2n) is 11.3. The number of rotatable bonds is 12. The van der Waals surface area contributed by atoms with E-state index in [0.717, 1.165) is 73.5 Å². The lowest BCUT2D eigenvalue weighted by molar-refractivity contribution is 0.765. The van der Waals surface area contributed by atoms with Crippen LogP contribution in [0, 0.1) is 13.8 Å². The number of nitrogens with zero attached hydrogens (tertiary/aromatic N) is 1. The predicted molar refractivity (Wildman–Crippen MR) is 193 cm³/mol. The maximum atomic E-state index is 4.15. The molecule has 1 atom stereocenters. The van der Waals surface area contributed by atoms with Crippen molar-refractivity contribution < 1.29 is 0 Å². The number of fused-ring (bicyclic) bond motifs is 2. The van der Waals surface area contributed by atoms with Gasteiger partial charge in [0.05, 0.1) is 40.3 Å². The van der Waals surface area contributed by atoms with Crippen molar-refractivity contribution in [3.63, 3.8) is 0 Å². The molecule has 45 heavy (non-hydrogen) atoms. The van der Waals surface area contributed by atoms with Gasteiger partial charge in [-0.3, -0.25) is 10.4 Å². The molecule has 6 aromatic rings. The van der Waals surface area contributed by atoms with Crippen LogP contribution < -0.4 is 37.9 Å². The maximum Gasteiger partial charge on any atom is 0.0723 e. The summed E-state index contributed by atoms with van der Waals surface area (Å²) in [6, 6.07) is 33.9. The highest BCUT2D eigenvalue weighted by molar-refractivity contribution is 6.04. The molecular weight excluding hydrogens is 556 g/mol. The summed E-state index contributed by atoms with van der Waals surface area (Å²) in [6.07, 6.45) is 4.60. The van der Waals surface area contributed by atoms with Crippen molar-refractivity contribution >= 4 is 61.4 Å². The van der Waals surface area contributed by atoms with Gasteiger partial charge in [0, 0.05) is 39.5 Å². The zero-order chi connectivity index (χ0) is 31.2. The Morgan fingerprint density at radius 3 is 1.44 bits per heavy atom. The molecule has 0 bridgehead atoms. The molecule has 7 N–H and O–H groups in total. The molecule has 1 aromatic heterocycles. The van der Waals surface area contributed by atoms with E-state index in [2.05, 4.69) is 155 Å². The Kier molecular flexibility index (Phi) is 8.73. The molecule has 1 heterocycles. The van der Waals surface area contributed by atoms with E-state index in [-0.39, 0.29) is 0 Å². The number of aryl methyl sites for hydroxylation is 2. The molecule has 0 saturated heterocycles. The van der Waals surface area contributed by atoms with E-state index in [0.29, 0.717) is 6.04 Å². The van der Waals surface area contributed by atoms with Gasteiger partial charge in [-0.05, 0) is 86.8 Å². The average Bonchev–Trinajstić information content (AvgIpc) is 3.08. The van der Waals surface area contributed by atoms with Gasteiger partial charge in [0.25, 0.3) is 0 Å². The van der Waals surface area contributed by atoms with Gasteiger partial charge in [-0.1, -0.05) is 55.5 Å². The fourth-order valence-corrected chi connectivity index (χ4v) is 5.35. The van der Waals surface area contributed by atoms with E-state index in [9.17, 15) is 0 Å². The zero-order valence-electron chi connectivity index (χ0n) is 26.1. The Bertz CT molecular complexity index is 1920. The molecular formula is C37H40N8. The molecule has 5 aromatic carbocycles. The number of benzene rings is 5. The molecule has 0 radical (unpaired) electrons. The monoisotopic (exact) mass is 596 g/mol. The Labute approximate surface area is 264 Å². The summed E-state index contributed by atoms with van der Waals surface area (Å²) in [5, 5.41) is 8.19. The van der Waals surface area contributed by atoms with Crippen LogP contribution in [-0.2, 0) is 0 Å². The highest BCUT2D eigenvalue weighted by Gasteiger charge is 2.11. The summed E-state index contributed by atoms with van der Waals surface area (Å²) in [4.78, 5) is 4.15. The van der Waals surface area contributed by atoms with Crippen LogP contribution in [0.1, 0.15) is 31.4 Å². The number of hydrazine groups is 3. The fourth-order valence-electron chi connectivity index (χ4n) is 5.35. The highest BCUT2D eigenvalue weighted by Crippen LogP contribution is 2.34. The van der Waals surface area contributed by atoms with E-state index in [1.807, 2.05) is 12.1 Å². The molecule has 0 saturated carbocycles. The van der Waals surface area contributed by atoms with Gasteiger partial charge < -0.3 is 32.4 Å². The number of nitrogens with one attached hydrogen (secondary N) is 7. The summed E-state index contributed by atoms with van der Waals surface area (Å²) >= 11 is 0. The van der Waals surface area contributed by atoms with Crippen LogP contribution in [0.5, 0.6) is 0 Å². The van der Waals surface area contributed by atoms with Crippen molar-refractivity contribution in [2.45, 2.75) is 40.2 Å². The maximum absolute atomic E-state index is 4.15. The lowest BCUT2D eigenvalue weighted by Crippen LogP contribution is -2.14. The highest BCUT2D eigenvalue weighted by atomic mass is 15.4. The van der Waals surface area contributed by atoms with E-state index < -0.39 is 0 Å². The quantitative estimate of drug-likeness (QED) is 0.0702. The van der Waals surface area contributed by atoms with E-state index >= 15 is 0 Å². The smallest absolute Gasteiger partial charge is 0.0723 e. The molecule has 0 amide bonds. The predicted octanol–water partition coefficient (Wildman–Crippen LogP) is 9.53. The van der Waals surface area contributed by atoms with Gasteiger partial charge in [-0.2, -0.15) is 0 Å². The van der Waals surface area contributed by atoms with E-state index in [1.165, 1.54) is 5.39 Å². The van der Waals surface area contributed by atoms with Crippen LogP contribution in [0.25, 0.3) is 21.5 Å². The minimum atomic E-state index is 0.405. The second kappa shape index (κ2) is 13.3. The lowest BCUT2D eigenvalue weighted by atomic mass is 10.1. The average molecular weight is 597 g/mol. The third-order valence-electron chi connectivity index (χ3n) is 8.10. The summed E-state index contributed by atoms with van der Waals surface area (Å²) < 4.78 is 0. The summed E-state index contributed by atoms with van der Waals surface area (Å²) in [5.74, 6) is 0. The van der Waals surface area contributed by atoms with Crippen molar-refractivity contribution in [1.82, 2.24) is 4.98 Å². The first-order chi connectivity index (χ1) is 22.0. The zero-order valence-corrected chi connectivity index (χ0v) is 26.1. The largest absolute Gasteiger partial charge is 0.382 e. The van der Waals surface area contributed by atoms with Crippen LogP contribution in [0.15, 0.2) is 109 Å². The molecule has 0 aliphatic heterocycles. The normalized spacial score (nSPS) is 11.6.